The number of hydrogen-bond acceptors (Lipinski definition) is 4. The van der Waals surface area contributed by atoms with Gasteiger partial charge in [0.1, 0.15) is 0 Å². The van der Waals surface area contributed by atoms with Gasteiger partial charge in [-0.05, 0) is 20.8 Å². The number of hydrogen-bond donors (Lipinski definition) is 4. The van der Waals surface area contributed by atoms with Crippen molar-refractivity contribution in [1.82, 2.24) is 0 Å². The molecule has 0 aromatic heterocycles. The van der Waals surface area contributed by atoms with Gasteiger partial charge in [0.2, 0.25) is 0 Å². The average molecular weight is 191 g/mol. The Hall–Kier alpha value is -0.160. The summed E-state index contributed by atoms with van der Waals surface area (Å²) in [5.74, 6) is -0.368. The van der Waals surface area contributed by atoms with Crippen LogP contribution in [0.2, 0.25) is 0 Å². The smallest absolute Gasteiger partial charge is 0.0725 e. The van der Waals surface area contributed by atoms with Gasteiger partial charge >= 0.3 is 0 Å². The Morgan fingerprint density at radius 2 is 1.23 bits per heavy atom. The van der Waals surface area contributed by atoms with Crippen LogP contribution in [0.5, 0.6) is 0 Å². The van der Waals surface area contributed by atoms with Crippen LogP contribution in [0, 0.1) is 5.92 Å². The lowest BCUT2D eigenvalue weighted by Crippen LogP contribution is -2.64. The normalized spacial score (nSPS) is 25.8. The van der Waals surface area contributed by atoms with Crippen molar-refractivity contribution in [2.45, 2.75) is 51.5 Å². The minimum atomic E-state index is -1.16. The van der Waals surface area contributed by atoms with E-state index in [-0.39, 0.29) is 5.92 Å². The molecule has 0 aliphatic rings. The molecule has 4 nitrogen and oxygen atoms in total. The summed E-state index contributed by atoms with van der Waals surface area (Å²) in [6.45, 7) is 6.35. The van der Waals surface area contributed by atoms with Gasteiger partial charge in [-0.1, -0.05) is 6.92 Å². The quantitative estimate of drug-likeness (QED) is 0.481. The molecule has 0 amide bonds. The second-order valence-corrected chi connectivity index (χ2v) is 3.88. The summed E-state index contributed by atoms with van der Waals surface area (Å²) < 4.78 is 0. The van der Waals surface area contributed by atoms with Crippen LogP contribution in [-0.2, 0) is 0 Å². The van der Waals surface area contributed by atoms with Crippen molar-refractivity contribution in [2.75, 3.05) is 0 Å². The zero-order valence-corrected chi connectivity index (χ0v) is 8.73. The predicted octanol–water partition coefficient (Wildman–Crippen LogP) is -0.538. The van der Waals surface area contributed by atoms with Crippen LogP contribution >= 0.6 is 0 Å². The highest BCUT2D eigenvalue weighted by atomic mass is 16.3. The maximum Gasteiger partial charge on any atom is 0.0725 e. The molecular weight excluding hydrogens is 170 g/mol. The fraction of sp³-hybridized carbons (Fsp3) is 1.00. The summed E-state index contributed by atoms with van der Waals surface area (Å²) in [6, 6.07) is 0. The Bertz CT molecular complexity index is 149. The standard InChI is InChI=1S/C9H21NO3/c1-5(6(2)11)9(10,7(3)12)8(4)13/h5-8,11-13H,10H2,1-4H3. The van der Waals surface area contributed by atoms with E-state index in [1.54, 1.807) is 13.8 Å². The van der Waals surface area contributed by atoms with E-state index in [1.165, 1.54) is 13.8 Å². The minimum absolute atomic E-state index is 0.368. The van der Waals surface area contributed by atoms with Gasteiger partial charge < -0.3 is 21.1 Å². The number of nitrogens with two attached hydrogens (primary N) is 1. The van der Waals surface area contributed by atoms with Gasteiger partial charge in [0.25, 0.3) is 0 Å². The van der Waals surface area contributed by atoms with Crippen molar-refractivity contribution < 1.29 is 15.3 Å². The Morgan fingerprint density at radius 3 is 1.31 bits per heavy atom. The van der Waals surface area contributed by atoms with Gasteiger partial charge in [0.15, 0.2) is 0 Å². The Morgan fingerprint density at radius 1 is 0.923 bits per heavy atom. The molecule has 0 aliphatic heterocycles. The maximum atomic E-state index is 9.46. The molecule has 80 valence electrons. The SMILES string of the molecule is CC(O)C(C)C(N)(C(C)O)C(C)O. The zero-order valence-electron chi connectivity index (χ0n) is 8.73. The van der Waals surface area contributed by atoms with Crippen molar-refractivity contribution in [3.8, 4) is 0 Å². The van der Waals surface area contributed by atoms with Crippen LogP contribution < -0.4 is 5.73 Å². The largest absolute Gasteiger partial charge is 0.393 e. The first-order chi connectivity index (χ1) is 5.74. The fourth-order valence-corrected chi connectivity index (χ4v) is 1.53. The molecule has 13 heavy (non-hydrogen) atoms. The topological polar surface area (TPSA) is 86.7 Å². The summed E-state index contributed by atoms with van der Waals surface area (Å²) in [7, 11) is 0. The molecule has 0 spiro atoms. The highest BCUT2D eigenvalue weighted by Crippen LogP contribution is 2.25. The van der Waals surface area contributed by atoms with Crippen LogP contribution in [-0.4, -0.2) is 39.2 Å². The first-order valence-corrected chi connectivity index (χ1v) is 4.57. The monoisotopic (exact) mass is 191 g/mol. The molecule has 0 rings (SSSR count). The van der Waals surface area contributed by atoms with Crippen molar-refractivity contribution in [3.05, 3.63) is 0 Å². The van der Waals surface area contributed by atoms with Crippen molar-refractivity contribution in [1.29, 1.82) is 0 Å². The first kappa shape index (κ1) is 12.8. The van der Waals surface area contributed by atoms with Gasteiger partial charge in [-0.25, -0.2) is 0 Å². The lowest BCUT2D eigenvalue weighted by atomic mass is 9.75. The van der Waals surface area contributed by atoms with Crippen molar-refractivity contribution in [3.63, 3.8) is 0 Å². The molecule has 0 saturated heterocycles. The van der Waals surface area contributed by atoms with E-state index in [9.17, 15) is 15.3 Å². The van der Waals surface area contributed by atoms with Crippen LogP contribution in [0.15, 0.2) is 0 Å². The molecular formula is C9H21NO3. The van der Waals surface area contributed by atoms with Crippen LogP contribution in [0.25, 0.3) is 0 Å². The first-order valence-electron chi connectivity index (χ1n) is 4.57. The van der Waals surface area contributed by atoms with E-state index in [0.717, 1.165) is 0 Å². The van der Waals surface area contributed by atoms with E-state index >= 15 is 0 Å². The molecule has 0 radical (unpaired) electrons. The summed E-state index contributed by atoms with van der Waals surface area (Å²) in [6.07, 6.45) is -2.39. The molecule has 4 atom stereocenters. The van der Waals surface area contributed by atoms with E-state index in [4.69, 9.17) is 5.73 Å². The Labute approximate surface area is 79.4 Å². The third kappa shape index (κ3) is 2.40. The van der Waals surface area contributed by atoms with Gasteiger partial charge in [-0.3, -0.25) is 0 Å². The van der Waals surface area contributed by atoms with E-state index in [1.807, 2.05) is 0 Å². The Balaban J connectivity index is 4.79. The summed E-state index contributed by atoms with van der Waals surface area (Å²) in [5, 5.41) is 28.3. The van der Waals surface area contributed by atoms with Crippen LogP contribution in [0.4, 0.5) is 0 Å². The molecule has 0 heterocycles. The van der Waals surface area contributed by atoms with E-state index < -0.39 is 23.9 Å². The van der Waals surface area contributed by atoms with Gasteiger partial charge in [-0.15, -0.1) is 0 Å². The lowest BCUT2D eigenvalue weighted by molar-refractivity contribution is -0.0547. The fourth-order valence-electron chi connectivity index (χ4n) is 1.53. The third-order valence-corrected chi connectivity index (χ3v) is 2.96. The van der Waals surface area contributed by atoms with Gasteiger partial charge in [0.05, 0.1) is 23.9 Å². The highest BCUT2D eigenvalue weighted by molar-refractivity contribution is 4.99. The number of aliphatic hydroxyl groups excluding tert-OH is 3. The Kier molecular flexibility index (Phi) is 4.32. The lowest BCUT2D eigenvalue weighted by Gasteiger charge is -2.41. The molecule has 0 aromatic rings. The van der Waals surface area contributed by atoms with Gasteiger partial charge in [0, 0.05) is 5.92 Å². The average Bonchev–Trinajstić information content (AvgIpc) is 2.00. The minimum Gasteiger partial charge on any atom is -0.393 e. The third-order valence-electron chi connectivity index (χ3n) is 2.96. The van der Waals surface area contributed by atoms with Crippen LogP contribution in [0.3, 0.4) is 0 Å². The number of rotatable bonds is 4. The number of aliphatic hydroxyl groups is 3. The second kappa shape index (κ2) is 4.37. The summed E-state index contributed by atoms with van der Waals surface area (Å²) in [4.78, 5) is 0. The molecule has 0 aromatic carbocycles. The molecule has 4 unspecified atom stereocenters. The molecule has 5 N–H and O–H groups in total. The van der Waals surface area contributed by atoms with Crippen molar-refractivity contribution >= 4 is 0 Å². The second-order valence-electron chi connectivity index (χ2n) is 3.88. The zero-order chi connectivity index (χ0) is 10.8. The molecule has 0 aliphatic carbocycles. The summed E-state index contributed by atoms with van der Waals surface area (Å²) >= 11 is 0. The molecule has 4 heteroatoms. The summed E-state index contributed by atoms with van der Waals surface area (Å²) in [5.41, 5.74) is 4.71. The van der Waals surface area contributed by atoms with E-state index in [0.29, 0.717) is 0 Å². The van der Waals surface area contributed by atoms with Crippen molar-refractivity contribution in [2.24, 2.45) is 11.7 Å². The predicted molar refractivity (Wildman–Crippen MR) is 51.1 cm³/mol. The maximum absolute atomic E-state index is 9.46. The van der Waals surface area contributed by atoms with Crippen LogP contribution in [0.1, 0.15) is 27.7 Å². The molecule has 0 saturated carbocycles. The van der Waals surface area contributed by atoms with E-state index in [2.05, 4.69) is 0 Å². The van der Waals surface area contributed by atoms with Gasteiger partial charge in [-0.2, -0.15) is 0 Å². The molecule has 0 bridgehead atoms. The highest BCUT2D eigenvalue weighted by Gasteiger charge is 2.43. The molecule has 0 fully saturated rings.